The highest BCUT2D eigenvalue weighted by Crippen LogP contribution is 2.16. The first kappa shape index (κ1) is 16.7. The van der Waals surface area contributed by atoms with E-state index in [9.17, 15) is 9.59 Å². The first-order valence-electron chi connectivity index (χ1n) is 8.38. The van der Waals surface area contributed by atoms with Crippen LogP contribution < -0.4 is 15.6 Å². The quantitative estimate of drug-likeness (QED) is 0.731. The fourth-order valence-electron chi connectivity index (χ4n) is 2.89. The molecule has 0 aliphatic carbocycles. The Morgan fingerprint density at radius 2 is 2.15 bits per heavy atom. The van der Waals surface area contributed by atoms with Gasteiger partial charge in [0.2, 0.25) is 5.43 Å². The van der Waals surface area contributed by atoms with E-state index in [4.69, 9.17) is 4.74 Å². The number of fused-ring (bicyclic) bond motifs is 1. The second kappa shape index (κ2) is 7.27. The van der Waals surface area contributed by atoms with E-state index in [-0.39, 0.29) is 16.5 Å². The van der Waals surface area contributed by atoms with Gasteiger partial charge in [-0.3, -0.25) is 9.59 Å². The van der Waals surface area contributed by atoms with Gasteiger partial charge in [-0.25, -0.2) is 4.98 Å². The normalized spacial score (nSPS) is 14.5. The van der Waals surface area contributed by atoms with Crippen molar-refractivity contribution in [2.75, 3.05) is 31.2 Å². The van der Waals surface area contributed by atoms with Crippen LogP contribution in [0.2, 0.25) is 0 Å². The summed E-state index contributed by atoms with van der Waals surface area (Å²) < 4.78 is 5.35. The standard InChI is InChI=1S/C18H18N4O3S/c23-17-13(18(24)20-10-12-2-1-9-26-12)11-19-14-3-4-15(21-16(14)17)22-5-7-25-8-6-22/h1-4,9,11H,5-8,10H2,(H,19,23)(H,20,24). The number of anilines is 1. The van der Waals surface area contributed by atoms with E-state index in [1.807, 2.05) is 29.6 Å². The number of rotatable bonds is 4. The Balaban J connectivity index is 1.62. The number of aromatic nitrogens is 2. The molecule has 3 aromatic rings. The maximum atomic E-state index is 12.8. The van der Waals surface area contributed by atoms with Gasteiger partial charge in [0.1, 0.15) is 16.9 Å². The lowest BCUT2D eigenvalue weighted by Gasteiger charge is -2.27. The molecule has 3 aromatic heterocycles. The number of hydrogen-bond donors (Lipinski definition) is 2. The molecular formula is C18H18N4O3S. The Kier molecular flexibility index (Phi) is 4.68. The highest BCUT2D eigenvalue weighted by molar-refractivity contribution is 7.09. The zero-order valence-corrected chi connectivity index (χ0v) is 14.8. The van der Waals surface area contributed by atoms with Crippen molar-refractivity contribution < 1.29 is 9.53 Å². The number of carbonyl (C=O) groups is 1. The number of ether oxygens (including phenoxy) is 1. The molecule has 4 rings (SSSR count). The summed E-state index contributed by atoms with van der Waals surface area (Å²) in [6.45, 7) is 3.15. The fourth-order valence-corrected chi connectivity index (χ4v) is 3.54. The van der Waals surface area contributed by atoms with Gasteiger partial charge in [0.15, 0.2) is 0 Å². The molecule has 0 saturated carbocycles. The molecule has 7 nitrogen and oxygen atoms in total. The van der Waals surface area contributed by atoms with Crippen LogP contribution in [0, 0.1) is 0 Å². The predicted molar refractivity (Wildman–Crippen MR) is 101 cm³/mol. The van der Waals surface area contributed by atoms with Crippen molar-refractivity contribution in [2.24, 2.45) is 0 Å². The number of carbonyl (C=O) groups excluding carboxylic acids is 1. The van der Waals surface area contributed by atoms with E-state index in [1.54, 1.807) is 11.3 Å². The highest BCUT2D eigenvalue weighted by Gasteiger charge is 2.17. The van der Waals surface area contributed by atoms with Crippen LogP contribution in [-0.2, 0) is 11.3 Å². The lowest BCUT2D eigenvalue weighted by Crippen LogP contribution is -2.37. The van der Waals surface area contributed by atoms with Crippen LogP contribution >= 0.6 is 11.3 Å². The number of nitrogens with zero attached hydrogens (tertiary/aromatic N) is 2. The minimum absolute atomic E-state index is 0.0701. The molecule has 1 aliphatic heterocycles. The van der Waals surface area contributed by atoms with Crippen molar-refractivity contribution >= 4 is 34.1 Å². The molecule has 0 aromatic carbocycles. The molecule has 8 heteroatoms. The maximum absolute atomic E-state index is 12.8. The fraction of sp³-hybridized carbons (Fsp3) is 0.278. The molecule has 0 radical (unpaired) electrons. The molecule has 0 atom stereocenters. The van der Waals surface area contributed by atoms with E-state index < -0.39 is 5.91 Å². The van der Waals surface area contributed by atoms with Crippen LogP contribution in [0.3, 0.4) is 0 Å². The van der Waals surface area contributed by atoms with Crippen LogP contribution in [0.1, 0.15) is 15.2 Å². The molecule has 1 aliphatic rings. The van der Waals surface area contributed by atoms with Crippen LogP contribution in [0.15, 0.2) is 40.6 Å². The number of aromatic amines is 1. The molecule has 0 unspecified atom stereocenters. The first-order valence-corrected chi connectivity index (χ1v) is 9.26. The van der Waals surface area contributed by atoms with Crippen molar-refractivity contribution in [1.82, 2.24) is 15.3 Å². The largest absolute Gasteiger partial charge is 0.378 e. The third-order valence-corrected chi connectivity index (χ3v) is 5.17. The van der Waals surface area contributed by atoms with Gasteiger partial charge in [-0.1, -0.05) is 6.07 Å². The van der Waals surface area contributed by atoms with Gasteiger partial charge in [0.05, 0.1) is 25.3 Å². The van der Waals surface area contributed by atoms with Crippen LogP contribution in [-0.4, -0.2) is 42.2 Å². The topological polar surface area (TPSA) is 87.3 Å². The van der Waals surface area contributed by atoms with Gasteiger partial charge >= 0.3 is 0 Å². The molecular weight excluding hydrogens is 352 g/mol. The lowest BCUT2D eigenvalue weighted by atomic mass is 10.2. The van der Waals surface area contributed by atoms with Gasteiger partial charge in [-0.2, -0.15) is 0 Å². The smallest absolute Gasteiger partial charge is 0.257 e. The van der Waals surface area contributed by atoms with E-state index in [2.05, 4.69) is 20.2 Å². The molecule has 1 saturated heterocycles. The molecule has 134 valence electrons. The number of amides is 1. The third-order valence-electron chi connectivity index (χ3n) is 4.30. The van der Waals surface area contributed by atoms with Gasteiger partial charge in [-0.05, 0) is 23.6 Å². The van der Waals surface area contributed by atoms with E-state index in [0.29, 0.717) is 25.3 Å². The summed E-state index contributed by atoms with van der Waals surface area (Å²) in [5.41, 5.74) is 0.595. The average Bonchev–Trinajstić information content (AvgIpc) is 3.21. The van der Waals surface area contributed by atoms with Gasteiger partial charge in [-0.15, -0.1) is 11.3 Å². The molecule has 2 N–H and O–H groups in total. The number of pyridine rings is 2. The monoisotopic (exact) mass is 370 g/mol. The Morgan fingerprint density at radius 3 is 2.92 bits per heavy atom. The summed E-state index contributed by atoms with van der Waals surface area (Å²) in [7, 11) is 0. The summed E-state index contributed by atoms with van der Waals surface area (Å²) in [4.78, 5) is 35.8. The minimum Gasteiger partial charge on any atom is -0.378 e. The molecule has 1 amide bonds. The number of thiophene rings is 1. The van der Waals surface area contributed by atoms with E-state index in [1.165, 1.54) is 6.20 Å². The van der Waals surface area contributed by atoms with Gasteiger partial charge in [0, 0.05) is 24.2 Å². The van der Waals surface area contributed by atoms with Crippen molar-refractivity contribution in [2.45, 2.75) is 6.54 Å². The zero-order valence-electron chi connectivity index (χ0n) is 14.0. The Labute approximate surface area is 153 Å². The number of morpholine rings is 1. The van der Waals surface area contributed by atoms with Crippen LogP contribution in [0.5, 0.6) is 0 Å². The van der Waals surface area contributed by atoms with E-state index in [0.717, 1.165) is 23.8 Å². The summed E-state index contributed by atoms with van der Waals surface area (Å²) in [5, 5.41) is 4.73. The average molecular weight is 370 g/mol. The SMILES string of the molecule is O=C(NCc1cccs1)c1c[nH]c2ccc(N3CCOCC3)nc2c1=O. The van der Waals surface area contributed by atoms with Crippen LogP contribution in [0.4, 0.5) is 5.82 Å². The summed E-state index contributed by atoms with van der Waals surface area (Å²) in [6.07, 6.45) is 1.45. The molecule has 26 heavy (non-hydrogen) atoms. The van der Waals surface area contributed by atoms with Crippen LogP contribution in [0.25, 0.3) is 11.0 Å². The Hall–Kier alpha value is -2.71. The maximum Gasteiger partial charge on any atom is 0.257 e. The Morgan fingerprint density at radius 1 is 1.31 bits per heavy atom. The lowest BCUT2D eigenvalue weighted by molar-refractivity contribution is 0.0950. The summed E-state index contributed by atoms with van der Waals surface area (Å²) in [5.74, 6) is 0.322. The predicted octanol–water partition coefficient (Wildman–Crippen LogP) is 1.75. The first-order chi connectivity index (χ1) is 12.7. The second-order valence-corrected chi connectivity index (χ2v) is 6.99. The minimum atomic E-state index is -0.403. The molecule has 4 heterocycles. The highest BCUT2D eigenvalue weighted by atomic mass is 32.1. The zero-order chi connectivity index (χ0) is 17.9. The van der Waals surface area contributed by atoms with E-state index >= 15 is 0 Å². The molecule has 0 spiro atoms. The summed E-state index contributed by atoms with van der Waals surface area (Å²) in [6, 6.07) is 7.56. The molecule has 0 bridgehead atoms. The Bertz CT molecular complexity index is 978. The van der Waals surface area contributed by atoms with Gasteiger partial charge in [0.25, 0.3) is 5.91 Å². The summed E-state index contributed by atoms with van der Waals surface area (Å²) >= 11 is 1.56. The van der Waals surface area contributed by atoms with Crippen molar-refractivity contribution in [1.29, 1.82) is 0 Å². The van der Waals surface area contributed by atoms with Gasteiger partial charge < -0.3 is 19.9 Å². The van der Waals surface area contributed by atoms with Crippen molar-refractivity contribution in [3.63, 3.8) is 0 Å². The van der Waals surface area contributed by atoms with Crippen molar-refractivity contribution in [3.8, 4) is 0 Å². The number of hydrogen-bond acceptors (Lipinski definition) is 6. The van der Waals surface area contributed by atoms with Crippen molar-refractivity contribution in [3.05, 3.63) is 56.5 Å². The number of nitrogens with one attached hydrogen (secondary N) is 2. The second-order valence-electron chi connectivity index (χ2n) is 5.96. The molecule has 1 fully saturated rings. The number of H-pyrrole nitrogens is 1. The third kappa shape index (κ3) is 3.33.